The molecule has 0 aromatic carbocycles. The first-order valence-electron chi connectivity index (χ1n) is 9.83. The van der Waals surface area contributed by atoms with Crippen LogP contribution in [0.4, 0.5) is 0 Å². The lowest BCUT2D eigenvalue weighted by Crippen LogP contribution is -2.51. The summed E-state index contributed by atoms with van der Waals surface area (Å²) in [5, 5.41) is 0. The van der Waals surface area contributed by atoms with E-state index >= 15 is 0 Å². The zero-order chi connectivity index (χ0) is 20.5. The van der Waals surface area contributed by atoms with Crippen molar-refractivity contribution in [3.8, 4) is 0 Å². The number of esters is 1. The summed E-state index contributed by atoms with van der Waals surface area (Å²) >= 11 is 0. The molecule has 2 aliphatic heterocycles. The maximum Gasteiger partial charge on any atom is 0.305 e. The molecule has 4 atom stereocenters. The number of hydrogen-bond donors (Lipinski definition) is 0. The standard InChI is InChI=1S/C19H36O7Si/c1-9-21-15(20)11-10-13-16(25-19(4,5)23-13)17(26-27(6,7)8)14-12-22-18(2,3)24-14/h13-14,16-17H,9-12H2,1-8H3/t13-,14-,16-,17-/m1/s1. The molecule has 0 amide bonds. The van der Waals surface area contributed by atoms with Crippen LogP contribution in [0.15, 0.2) is 0 Å². The minimum absolute atomic E-state index is 0.228. The monoisotopic (exact) mass is 404 g/mol. The molecule has 0 aromatic heterocycles. The molecule has 2 heterocycles. The van der Waals surface area contributed by atoms with Crippen LogP contribution in [0.2, 0.25) is 19.6 Å². The van der Waals surface area contributed by atoms with Gasteiger partial charge in [-0.15, -0.1) is 0 Å². The molecule has 0 radical (unpaired) electrons. The molecular formula is C19H36O7Si. The normalized spacial score (nSPS) is 31.0. The Hall–Kier alpha value is -0.513. The third kappa shape index (κ3) is 6.80. The average molecular weight is 405 g/mol. The summed E-state index contributed by atoms with van der Waals surface area (Å²) in [5.74, 6) is -1.63. The van der Waals surface area contributed by atoms with Gasteiger partial charge in [0.1, 0.15) is 18.3 Å². The zero-order valence-corrected chi connectivity index (χ0v) is 19.0. The fourth-order valence-electron chi connectivity index (χ4n) is 3.50. The molecule has 0 spiro atoms. The van der Waals surface area contributed by atoms with Gasteiger partial charge in [0, 0.05) is 6.42 Å². The predicted molar refractivity (Wildman–Crippen MR) is 103 cm³/mol. The van der Waals surface area contributed by atoms with Gasteiger partial charge in [0.2, 0.25) is 0 Å². The summed E-state index contributed by atoms with van der Waals surface area (Å²) < 4.78 is 35.7. The molecule has 7 nitrogen and oxygen atoms in total. The Morgan fingerprint density at radius 2 is 1.78 bits per heavy atom. The predicted octanol–water partition coefficient (Wildman–Crippen LogP) is 3.22. The van der Waals surface area contributed by atoms with E-state index in [4.69, 9.17) is 28.1 Å². The highest BCUT2D eigenvalue weighted by Gasteiger charge is 2.51. The maximum absolute atomic E-state index is 11.8. The highest BCUT2D eigenvalue weighted by molar-refractivity contribution is 6.69. The third-order valence-corrected chi connectivity index (χ3v) is 5.35. The van der Waals surface area contributed by atoms with Crippen LogP contribution in [0.5, 0.6) is 0 Å². The van der Waals surface area contributed by atoms with Gasteiger partial charge in [-0.25, -0.2) is 0 Å². The summed E-state index contributed by atoms with van der Waals surface area (Å²) in [7, 11) is -1.90. The van der Waals surface area contributed by atoms with E-state index in [-0.39, 0.29) is 36.8 Å². The van der Waals surface area contributed by atoms with Crippen LogP contribution in [0.25, 0.3) is 0 Å². The van der Waals surface area contributed by atoms with Gasteiger partial charge in [-0.1, -0.05) is 0 Å². The molecule has 27 heavy (non-hydrogen) atoms. The van der Waals surface area contributed by atoms with Crippen LogP contribution in [-0.4, -0.2) is 63.5 Å². The SMILES string of the molecule is CCOC(=O)CC[C@H]1OC(C)(C)O[C@H]1[C@H](O[Si](C)(C)C)[C@H]1COC(C)(C)O1. The van der Waals surface area contributed by atoms with Crippen molar-refractivity contribution in [2.45, 2.75) is 103 Å². The first-order chi connectivity index (χ1) is 12.3. The molecule has 0 unspecified atom stereocenters. The fraction of sp³-hybridized carbons (Fsp3) is 0.947. The van der Waals surface area contributed by atoms with Crippen molar-refractivity contribution >= 4 is 14.3 Å². The molecule has 0 aromatic rings. The molecule has 2 saturated heterocycles. The number of ether oxygens (including phenoxy) is 5. The minimum Gasteiger partial charge on any atom is -0.466 e. The van der Waals surface area contributed by atoms with Crippen LogP contribution in [0.3, 0.4) is 0 Å². The van der Waals surface area contributed by atoms with Crippen molar-refractivity contribution in [2.75, 3.05) is 13.2 Å². The van der Waals surface area contributed by atoms with Gasteiger partial charge < -0.3 is 28.1 Å². The summed E-state index contributed by atoms with van der Waals surface area (Å²) in [6.45, 7) is 16.6. The van der Waals surface area contributed by atoms with E-state index in [9.17, 15) is 4.79 Å². The van der Waals surface area contributed by atoms with Crippen LogP contribution >= 0.6 is 0 Å². The van der Waals surface area contributed by atoms with E-state index in [0.717, 1.165) is 0 Å². The molecule has 0 saturated carbocycles. The van der Waals surface area contributed by atoms with Crippen molar-refractivity contribution in [1.29, 1.82) is 0 Å². The van der Waals surface area contributed by atoms with E-state index in [0.29, 0.717) is 19.6 Å². The van der Waals surface area contributed by atoms with Gasteiger partial charge in [0.25, 0.3) is 0 Å². The van der Waals surface area contributed by atoms with Crippen molar-refractivity contribution in [3.05, 3.63) is 0 Å². The maximum atomic E-state index is 11.8. The van der Waals surface area contributed by atoms with E-state index < -0.39 is 19.9 Å². The quantitative estimate of drug-likeness (QED) is 0.454. The van der Waals surface area contributed by atoms with Crippen molar-refractivity contribution < 1.29 is 32.9 Å². The molecule has 2 rings (SSSR count). The molecule has 158 valence electrons. The Labute approximate surface area is 164 Å². The Balaban J connectivity index is 2.17. The number of carbonyl (C=O) groups excluding carboxylic acids is 1. The summed E-state index contributed by atoms with van der Waals surface area (Å²) in [6.07, 6.45) is -0.412. The number of rotatable bonds is 8. The Morgan fingerprint density at radius 1 is 1.11 bits per heavy atom. The van der Waals surface area contributed by atoms with Crippen LogP contribution in [0.1, 0.15) is 47.5 Å². The second kappa shape index (κ2) is 8.47. The average Bonchev–Trinajstić information content (AvgIpc) is 3.01. The second-order valence-electron chi connectivity index (χ2n) is 9.04. The summed E-state index contributed by atoms with van der Waals surface area (Å²) in [6, 6.07) is 0. The lowest BCUT2D eigenvalue weighted by molar-refractivity contribution is -0.176. The molecule has 2 aliphatic rings. The molecule has 0 bridgehead atoms. The second-order valence-corrected chi connectivity index (χ2v) is 13.5. The number of hydrogen-bond acceptors (Lipinski definition) is 7. The molecule has 2 fully saturated rings. The van der Waals surface area contributed by atoms with Crippen molar-refractivity contribution in [1.82, 2.24) is 0 Å². The van der Waals surface area contributed by atoms with Gasteiger partial charge in [0.05, 0.1) is 19.3 Å². The zero-order valence-electron chi connectivity index (χ0n) is 18.0. The van der Waals surface area contributed by atoms with Gasteiger partial charge in [-0.3, -0.25) is 4.79 Å². The molecular weight excluding hydrogens is 368 g/mol. The summed E-state index contributed by atoms with van der Waals surface area (Å²) in [4.78, 5) is 11.8. The van der Waals surface area contributed by atoms with E-state index in [1.165, 1.54) is 0 Å². The van der Waals surface area contributed by atoms with E-state index in [2.05, 4.69) is 19.6 Å². The fourth-order valence-corrected chi connectivity index (χ4v) is 4.60. The molecule has 0 aliphatic carbocycles. The van der Waals surface area contributed by atoms with Crippen LogP contribution in [-0.2, 0) is 32.9 Å². The van der Waals surface area contributed by atoms with Gasteiger partial charge in [0.15, 0.2) is 19.9 Å². The topological polar surface area (TPSA) is 72.5 Å². The summed E-state index contributed by atoms with van der Waals surface area (Å²) in [5.41, 5.74) is 0. The lowest BCUT2D eigenvalue weighted by atomic mass is 10.00. The number of carbonyl (C=O) groups is 1. The largest absolute Gasteiger partial charge is 0.466 e. The third-order valence-electron chi connectivity index (χ3n) is 4.37. The van der Waals surface area contributed by atoms with E-state index in [1.807, 2.05) is 27.7 Å². The van der Waals surface area contributed by atoms with Crippen molar-refractivity contribution in [2.24, 2.45) is 0 Å². The smallest absolute Gasteiger partial charge is 0.305 e. The first-order valence-corrected chi connectivity index (χ1v) is 13.2. The van der Waals surface area contributed by atoms with E-state index in [1.54, 1.807) is 6.92 Å². The van der Waals surface area contributed by atoms with Gasteiger partial charge in [-0.2, -0.15) is 0 Å². The molecule has 8 heteroatoms. The van der Waals surface area contributed by atoms with Crippen LogP contribution in [0, 0.1) is 0 Å². The Kier molecular flexibility index (Phi) is 7.14. The highest BCUT2D eigenvalue weighted by Crippen LogP contribution is 2.38. The van der Waals surface area contributed by atoms with Crippen LogP contribution < -0.4 is 0 Å². The first kappa shape index (κ1) is 22.8. The Morgan fingerprint density at radius 3 is 2.30 bits per heavy atom. The lowest BCUT2D eigenvalue weighted by Gasteiger charge is -2.35. The van der Waals surface area contributed by atoms with Gasteiger partial charge in [-0.05, 0) is 60.7 Å². The van der Waals surface area contributed by atoms with Gasteiger partial charge >= 0.3 is 5.97 Å². The van der Waals surface area contributed by atoms with Crippen molar-refractivity contribution in [3.63, 3.8) is 0 Å². The Bertz CT molecular complexity index is 515. The minimum atomic E-state index is -1.90. The highest BCUT2D eigenvalue weighted by atomic mass is 28.4. The molecule has 0 N–H and O–H groups in total.